The molecule has 2 aromatic rings. The second-order valence-corrected chi connectivity index (χ2v) is 4.27. The molecule has 0 aliphatic rings. The van der Waals surface area contributed by atoms with Crippen LogP contribution in [-0.4, -0.2) is 29.1 Å². The minimum absolute atomic E-state index is 0.256. The smallest absolute Gasteiger partial charge is 0.322 e. The molecule has 1 heterocycles. The average Bonchev–Trinajstić information content (AvgIpc) is 2.38. The Morgan fingerprint density at radius 1 is 1.17 bits per heavy atom. The molecule has 2 rings (SSSR count). The lowest BCUT2D eigenvalue weighted by Gasteiger charge is -2.07. The summed E-state index contributed by atoms with van der Waals surface area (Å²) < 4.78 is 5.98. The minimum atomic E-state index is 0.256. The summed E-state index contributed by atoms with van der Waals surface area (Å²) in [5.74, 6) is 0.864. The normalized spacial score (nSPS) is 9.94. The lowest BCUT2D eigenvalue weighted by atomic mass is 10.3. The Morgan fingerprint density at radius 2 is 1.94 bits per heavy atom. The largest absolute Gasteiger partial charge is 0.467 e. The highest BCUT2D eigenvalue weighted by Gasteiger charge is 2.05. The summed E-state index contributed by atoms with van der Waals surface area (Å²) in [6.45, 7) is 0. The van der Waals surface area contributed by atoms with Crippen LogP contribution in [0.25, 0.3) is 0 Å². The molecular formula is C11H12BrN5O. The van der Waals surface area contributed by atoms with Gasteiger partial charge in [0.15, 0.2) is 0 Å². The van der Waals surface area contributed by atoms with Crippen molar-refractivity contribution in [1.82, 2.24) is 15.0 Å². The van der Waals surface area contributed by atoms with Crippen LogP contribution in [0.15, 0.2) is 28.7 Å². The van der Waals surface area contributed by atoms with Gasteiger partial charge in [0.1, 0.15) is 0 Å². The molecule has 1 aromatic carbocycles. The maximum atomic E-state index is 5.01. The Kier molecular flexibility index (Phi) is 3.93. The van der Waals surface area contributed by atoms with Crippen LogP contribution in [0, 0.1) is 0 Å². The lowest BCUT2D eigenvalue weighted by Crippen LogP contribution is -2.05. The standard InChI is InChI=1S/C11H12BrN5O/c1-13-9-15-10(17-11(16-9)18-2)14-8-5-3-4-7(12)6-8/h3-6H,1-2H3,(H2,13,14,15,16,17). The molecule has 6 nitrogen and oxygen atoms in total. The molecule has 0 unspecified atom stereocenters. The third-order valence-corrected chi connectivity index (χ3v) is 2.60. The molecule has 0 atom stereocenters. The zero-order valence-electron chi connectivity index (χ0n) is 9.94. The van der Waals surface area contributed by atoms with Crippen molar-refractivity contribution in [2.24, 2.45) is 0 Å². The van der Waals surface area contributed by atoms with Gasteiger partial charge in [-0.15, -0.1) is 0 Å². The predicted molar refractivity (Wildman–Crippen MR) is 73.4 cm³/mol. The number of hydrogen-bond donors (Lipinski definition) is 2. The first kappa shape index (κ1) is 12.6. The van der Waals surface area contributed by atoms with Crippen LogP contribution in [0.1, 0.15) is 0 Å². The van der Waals surface area contributed by atoms with Gasteiger partial charge in [-0.2, -0.15) is 15.0 Å². The maximum Gasteiger partial charge on any atom is 0.322 e. The molecule has 0 aliphatic carbocycles. The highest BCUT2D eigenvalue weighted by molar-refractivity contribution is 9.10. The number of methoxy groups -OCH3 is 1. The van der Waals surface area contributed by atoms with Crippen molar-refractivity contribution in [2.75, 3.05) is 24.8 Å². The van der Waals surface area contributed by atoms with E-state index >= 15 is 0 Å². The van der Waals surface area contributed by atoms with Crippen LogP contribution < -0.4 is 15.4 Å². The summed E-state index contributed by atoms with van der Waals surface area (Å²) in [6.07, 6.45) is 0. The molecule has 0 saturated heterocycles. The summed E-state index contributed by atoms with van der Waals surface area (Å²) in [7, 11) is 3.25. The highest BCUT2D eigenvalue weighted by atomic mass is 79.9. The number of nitrogens with one attached hydrogen (secondary N) is 2. The van der Waals surface area contributed by atoms with E-state index in [2.05, 4.69) is 41.5 Å². The number of benzene rings is 1. The van der Waals surface area contributed by atoms with Gasteiger partial charge in [-0.3, -0.25) is 0 Å². The van der Waals surface area contributed by atoms with E-state index in [4.69, 9.17) is 4.74 Å². The molecule has 18 heavy (non-hydrogen) atoms. The van der Waals surface area contributed by atoms with Crippen molar-refractivity contribution in [2.45, 2.75) is 0 Å². The number of aromatic nitrogens is 3. The molecule has 0 aliphatic heterocycles. The van der Waals surface area contributed by atoms with Crippen LogP contribution >= 0.6 is 15.9 Å². The molecule has 7 heteroatoms. The third kappa shape index (κ3) is 3.07. The summed E-state index contributed by atoms with van der Waals surface area (Å²) >= 11 is 3.40. The maximum absolute atomic E-state index is 5.01. The van der Waals surface area contributed by atoms with Gasteiger partial charge in [-0.25, -0.2) is 0 Å². The molecule has 0 radical (unpaired) electrons. The van der Waals surface area contributed by atoms with Gasteiger partial charge >= 0.3 is 6.01 Å². The SMILES string of the molecule is CNc1nc(Nc2cccc(Br)c2)nc(OC)n1. The molecule has 0 fully saturated rings. The van der Waals surface area contributed by atoms with Crippen LogP contribution in [-0.2, 0) is 0 Å². The van der Waals surface area contributed by atoms with Crippen LogP contribution in [0.2, 0.25) is 0 Å². The fraction of sp³-hybridized carbons (Fsp3) is 0.182. The summed E-state index contributed by atoms with van der Waals surface area (Å²) in [5.41, 5.74) is 0.875. The highest BCUT2D eigenvalue weighted by Crippen LogP contribution is 2.19. The van der Waals surface area contributed by atoms with Crippen molar-refractivity contribution >= 4 is 33.5 Å². The predicted octanol–water partition coefficient (Wildman–Crippen LogP) is 2.43. The van der Waals surface area contributed by atoms with E-state index < -0.39 is 0 Å². The monoisotopic (exact) mass is 309 g/mol. The van der Waals surface area contributed by atoms with E-state index in [0.29, 0.717) is 11.9 Å². The van der Waals surface area contributed by atoms with Gasteiger partial charge in [0.2, 0.25) is 11.9 Å². The summed E-state index contributed by atoms with van der Waals surface area (Å²) in [5, 5.41) is 5.93. The Balaban J connectivity index is 2.28. The van der Waals surface area contributed by atoms with Crippen molar-refractivity contribution in [3.8, 4) is 6.01 Å². The second kappa shape index (κ2) is 5.63. The first-order valence-electron chi connectivity index (χ1n) is 5.21. The molecular weight excluding hydrogens is 298 g/mol. The zero-order chi connectivity index (χ0) is 13.0. The Hall–Kier alpha value is -1.89. The Morgan fingerprint density at radius 3 is 2.61 bits per heavy atom. The van der Waals surface area contributed by atoms with E-state index in [0.717, 1.165) is 10.2 Å². The van der Waals surface area contributed by atoms with E-state index in [9.17, 15) is 0 Å². The van der Waals surface area contributed by atoms with Crippen LogP contribution in [0.3, 0.4) is 0 Å². The first-order chi connectivity index (χ1) is 8.71. The average molecular weight is 310 g/mol. The summed E-state index contributed by atoms with van der Waals surface area (Å²) in [4.78, 5) is 12.3. The number of halogens is 1. The molecule has 0 amide bonds. The Bertz CT molecular complexity index is 526. The fourth-order valence-corrected chi connectivity index (χ4v) is 1.71. The number of rotatable bonds is 4. The number of hydrogen-bond acceptors (Lipinski definition) is 6. The second-order valence-electron chi connectivity index (χ2n) is 3.35. The van der Waals surface area contributed by atoms with Gasteiger partial charge in [-0.1, -0.05) is 22.0 Å². The molecule has 0 spiro atoms. The van der Waals surface area contributed by atoms with Gasteiger partial charge in [-0.05, 0) is 18.2 Å². The lowest BCUT2D eigenvalue weighted by molar-refractivity contribution is 0.379. The minimum Gasteiger partial charge on any atom is -0.467 e. The molecule has 94 valence electrons. The van der Waals surface area contributed by atoms with Crippen molar-refractivity contribution in [1.29, 1.82) is 0 Å². The van der Waals surface area contributed by atoms with Crippen molar-refractivity contribution in [3.63, 3.8) is 0 Å². The molecule has 2 N–H and O–H groups in total. The van der Waals surface area contributed by atoms with Gasteiger partial charge in [0, 0.05) is 17.2 Å². The molecule has 0 saturated carbocycles. The van der Waals surface area contributed by atoms with Crippen molar-refractivity contribution in [3.05, 3.63) is 28.7 Å². The summed E-state index contributed by atoms with van der Waals surface area (Å²) in [6, 6.07) is 7.96. The van der Waals surface area contributed by atoms with E-state index in [1.165, 1.54) is 7.11 Å². The zero-order valence-corrected chi connectivity index (χ0v) is 11.5. The van der Waals surface area contributed by atoms with Crippen LogP contribution in [0.4, 0.5) is 17.6 Å². The van der Waals surface area contributed by atoms with Crippen molar-refractivity contribution < 1.29 is 4.74 Å². The van der Waals surface area contributed by atoms with Crippen LogP contribution in [0.5, 0.6) is 6.01 Å². The number of nitrogens with zero attached hydrogens (tertiary/aromatic N) is 3. The fourth-order valence-electron chi connectivity index (χ4n) is 1.31. The third-order valence-electron chi connectivity index (χ3n) is 2.10. The van der Waals surface area contributed by atoms with E-state index in [1.54, 1.807) is 7.05 Å². The molecule has 1 aromatic heterocycles. The number of ether oxygens (including phenoxy) is 1. The Labute approximate surface area is 113 Å². The van der Waals surface area contributed by atoms with Gasteiger partial charge < -0.3 is 15.4 Å². The van der Waals surface area contributed by atoms with Gasteiger partial charge in [0.25, 0.3) is 0 Å². The van der Waals surface area contributed by atoms with E-state index in [-0.39, 0.29) is 6.01 Å². The first-order valence-corrected chi connectivity index (χ1v) is 6.01. The quantitative estimate of drug-likeness (QED) is 0.904. The number of anilines is 3. The van der Waals surface area contributed by atoms with Gasteiger partial charge in [0.05, 0.1) is 7.11 Å². The van der Waals surface area contributed by atoms with E-state index in [1.807, 2.05) is 24.3 Å². The topological polar surface area (TPSA) is 72.0 Å². The molecule has 0 bridgehead atoms.